The van der Waals surface area contributed by atoms with Crippen LogP contribution in [-0.4, -0.2) is 43.1 Å². The Kier molecular flexibility index (Phi) is 6.89. The third-order valence-corrected chi connectivity index (χ3v) is 1.83. The number of nitrogens with zero attached hydrogens (tertiary/aromatic N) is 1. The second-order valence-corrected chi connectivity index (χ2v) is 3.61. The van der Waals surface area contributed by atoms with Crippen LogP contribution in [0.25, 0.3) is 0 Å². The van der Waals surface area contributed by atoms with Crippen molar-refractivity contribution in [1.82, 2.24) is 0 Å². The lowest BCUT2D eigenvalue weighted by molar-refractivity contribution is -0.169. The van der Waals surface area contributed by atoms with Gasteiger partial charge >= 0.3 is 6.18 Å². The zero-order valence-corrected chi connectivity index (χ0v) is 9.70. The van der Waals surface area contributed by atoms with Crippen molar-refractivity contribution in [3.05, 3.63) is 0 Å². The van der Waals surface area contributed by atoms with Gasteiger partial charge in [-0.15, -0.1) is 0 Å². The summed E-state index contributed by atoms with van der Waals surface area (Å²) in [7, 11) is 0. The topological polar surface area (TPSA) is 77.1 Å². The van der Waals surface area contributed by atoms with E-state index in [9.17, 15) is 13.2 Å². The molecule has 0 rings (SSSR count). The summed E-state index contributed by atoms with van der Waals surface area (Å²) in [6, 6.07) is 0. The number of rotatable bonds is 7. The van der Waals surface area contributed by atoms with E-state index < -0.39 is 24.5 Å². The van der Waals surface area contributed by atoms with E-state index in [0.717, 1.165) is 0 Å². The van der Waals surface area contributed by atoms with Crippen molar-refractivity contribution >= 4 is 5.84 Å². The predicted octanol–water partition coefficient (Wildman–Crippen LogP) is 1.35. The van der Waals surface area contributed by atoms with E-state index in [0.29, 0.717) is 0 Å². The molecular weight excluding hydrogens is 241 g/mol. The van der Waals surface area contributed by atoms with Gasteiger partial charge in [0.1, 0.15) is 5.92 Å². The molecule has 0 aromatic rings. The van der Waals surface area contributed by atoms with Crippen LogP contribution in [0.4, 0.5) is 13.2 Å². The van der Waals surface area contributed by atoms with E-state index in [2.05, 4.69) is 5.16 Å². The van der Waals surface area contributed by atoms with Gasteiger partial charge < -0.3 is 20.4 Å². The van der Waals surface area contributed by atoms with E-state index >= 15 is 0 Å². The minimum Gasteiger partial charge on any atom is -0.409 e. The Morgan fingerprint density at radius 1 is 1.35 bits per heavy atom. The van der Waals surface area contributed by atoms with Gasteiger partial charge in [-0.1, -0.05) is 5.16 Å². The highest BCUT2D eigenvalue weighted by molar-refractivity contribution is 5.83. The fourth-order valence-electron chi connectivity index (χ4n) is 0.961. The molecule has 0 spiro atoms. The minimum absolute atomic E-state index is 0.0129. The van der Waals surface area contributed by atoms with Crippen LogP contribution >= 0.6 is 0 Å². The monoisotopic (exact) mass is 258 g/mol. The van der Waals surface area contributed by atoms with E-state index in [-0.39, 0.29) is 19.3 Å². The first-order valence-electron chi connectivity index (χ1n) is 5.02. The van der Waals surface area contributed by atoms with Crippen LogP contribution in [0.15, 0.2) is 5.16 Å². The Labute approximate surface area is 97.4 Å². The van der Waals surface area contributed by atoms with Gasteiger partial charge in [0, 0.05) is 0 Å². The summed E-state index contributed by atoms with van der Waals surface area (Å²) in [6.07, 6.45) is -4.61. The molecule has 1 atom stereocenters. The van der Waals surface area contributed by atoms with E-state index in [1.165, 1.54) is 0 Å². The molecular formula is C9H17F3N2O3. The zero-order chi connectivity index (χ0) is 13.5. The van der Waals surface area contributed by atoms with Gasteiger partial charge in [-0.05, 0) is 13.8 Å². The molecule has 102 valence electrons. The van der Waals surface area contributed by atoms with Crippen LogP contribution in [0.3, 0.4) is 0 Å². The van der Waals surface area contributed by atoms with E-state index in [1.807, 2.05) is 0 Å². The normalized spacial score (nSPS) is 15.3. The first kappa shape index (κ1) is 16.0. The van der Waals surface area contributed by atoms with Gasteiger partial charge in [0.05, 0.1) is 25.9 Å². The number of halogens is 3. The van der Waals surface area contributed by atoms with Crippen molar-refractivity contribution in [1.29, 1.82) is 0 Å². The lowest BCUT2D eigenvalue weighted by Gasteiger charge is -2.18. The lowest BCUT2D eigenvalue weighted by Crippen LogP contribution is -2.39. The molecule has 8 heteroatoms. The Morgan fingerprint density at radius 2 is 1.94 bits per heavy atom. The fourth-order valence-corrected chi connectivity index (χ4v) is 0.961. The molecule has 0 fully saturated rings. The molecule has 0 aromatic heterocycles. The number of hydrogen-bond acceptors (Lipinski definition) is 4. The summed E-state index contributed by atoms with van der Waals surface area (Å²) >= 11 is 0. The Hall–Kier alpha value is -1.02. The summed E-state index contributed by atoms with van der Waals surface area (Å²) < 4.78 is 47.1. The van der Waals surface area contributed by atoms with Crippen molar-refractivity contribution in [2.75, 3.05) is 19.8 Å². The number of nitrogens with two attached hydrogens (primary N) is 1. The molecule has 0 aliphatic heterocycles. The Morgan fingerprint density at radius 3 is 2.35 bits per heavy atom. The highest BCUT2D eigenvalue weighted by atomic mass is 19.4. The summed E-state index contributed by atoms with van der Waals surface area (Å²) in [5.41, 5.74) is 4.94. The van der Waals surface area contributed by atoms with Crippen LogP contribution < -0.4 is 5.73 Å². The summed E-state index contributed by atoms with van der Waals surface area (Å²) in [6.45, 7) is 3.12. The van der Waals surface area contributed by atoms with Crippen LogP contribution in [-0.2, 0) is 9.47 Å². The molecule has 0 bridgehead atoms. The summed E-state index contributed by atoms with van der Waals surface area (Å²) in [5, 5.41) is 10.6. The van der Waals surface area contributed by atoms with E-state index in [4.69, 9.17) is 20.4 Å². The molecule has 3 N–H and O–H groups in total. The molecule has 0 saturated heterocycles. The second-order valence-electron chi connectivity index (χ2n) is 3.61. The largest absolute Gasteiger partial charge is 0.409 e. The Bertz CT molecular complexity index is 244. The predicted molar refractivity (Wildman–Crippen MR) is 54.9 cm³/mol. The molecule has 0 radical (unpaired) electrons. The SMILES string of the molecule is CC(C)OCCOCC(C(N)=NO)C(F)(F)F. The van der Waals surface area contributed by atoms with Gasteiger partial charge in [-0.25, -0.2) is 0 Å². The standard InChI is InChI=1S/C9H17F3N2O3/c1-6(2)17-4-3-16-5-7(8(13)14-15)9(10,11)12/h6-7,15H,3-5H2,1-2H3,(H2,13,14). The summed E-state index contributed by atoms with van der Waals surface area (Å²) in [4.78, 5) is 0. The molecule has 0 saturated carbocycles. The van der Waals surface area contributed by atoms with Crippen LogP contribution in [0.5, 0.6) is 0 Å². The molecule has 17 heavy (non-hydrogen) atoms. The van der Waals surface area contributed by atoms with Gasteiger partial charge in [-0.3, -0.25) is 0 Å². The maximum atomic E-state index is 12.4. The quantitative estimate of drug-likeness (QED) is 0.237. The van der Waals surface area contributed by atoms with Crippen LogP contribution in [0, 0.1) is 5.92 Å². The van der Waals surface area contributed by atoms with E-state index in [1.54, 1.807) is 13.8 Å². The Balaban J connectivity index is 4.03. The third kappa shape index (κ3) is 7.01. The highest BCUT2D eigenvalue weighted by Gasteiger charge is 2.43. The third-order valence-electron chi connectivity index (χ3n) is 1.83. The minimum atomic E-state index is -4.60. The molecule has 5 nitrogen and oxygen atoms in total. The first-order chi connectivity index (χ1) is 7.79. The van der Waals surface area contributed by atoms with Gasteiger partial charge in [-0.2, -0.15) is 13.2 Å². The fraction of sp³-hybridized carbons (Fsp3) is 0.889. The van der Waals surface area contributed by atoms with Crippen molar-refractivity contribution in [2.24, 2.45) is 16.8 Å². The number of oxime groups is 1. The zero-order valence-electron chi connectivity index (χ0n) is 9.70. The smallest absolute Gasteiger partial charge is 0.401 e. The van der Waals surface area contributed by atoms with Crippen molar-refractivity contribution in [3.8, 4) is 0 Å². The number of ether oxygens (including phenoxy) is 2. The maximum absolute atomic E-state index is 12.4. The molecule has 0 aliphatic carbocycles. The van der Waals surface area contributed by atoms with Gasteiger partial charge in [0.25, 0.3) is 0 Å². The average molecular weight is 258 g/mol. The first-order valence-corrected chi connectivity index (χ1v) is 5.02. The number of hydrogen-bond donors (Lipinski definition) is 2. The second kappa shape index (κ2) is 7.33. The van der Waals surface area contributed by atoms with Gasteiger partial charge in [0.2, 0.25) is 0 Å². The average Bonchev–Trinajstić information content (AvgIpc) is 2.20. The number of alkyl halides is 3. The molecule has 1 unspecified atom stereocenters. The molecule has 0 heterocycles. The lowest BCUT2D eigenvalue weighted by atomic mass is 10.1. The van der Waals surface area contributed by atoms with Gasteiger partial charge in [0.15, 0.2) is 5.84 Å². The highest BCUT2D eigenvalue weighted by Crippen LogP contribution is 2.26. The molecule has 0 amide bonds. The van der Waals surface area contributed by atoms with Crippen molar-refractivity contribution in [3.63, 3.8) is 0 Å². The van der Waals surface area contributed by atoms with Crippen LogP contribution in [0.2, 0.25) is 0 Å². The van der Waals surface area contributed by atoms with Crippen LogP contribution in [0.1, 0.15) is 13.8 Å². The summed E-state index contributed by atoms with van der Waals surface area (Å²) in [5.74, 6) is -3.02. The molecule has 0 aromatic carbocycles. The maximum Gasteiger partial charge on any atom is 0.401 e. The number of amidine groups is 1. The molecule has 0 aliphatic rings. The van der Waals surface area contributed by atoms with Crippen molar-refractivity contribution < 1.29 is 27.9 Å². The van der Waals surface area contributed by atoms with Crippen molar-refractivity contribution in [2.45, 2.75) is 26.1 Å².